The van der Waals surface area contributed by atoms with E-state index in [2.05, 4.69) is 84.9 Å². The van der Waals surface area contributed by atoms with E-state index in [9.17, 15) is 0 Å². The first-order valence-corrected chi connectivity index (χ1v) is 9.79. The Labute approximate surface area is 170 Å². The standard InChI is InChI=1S/C20H14.2C2H6.2CH4O/c1-3-11-17-15(7-1)9-5-13-19(17)20-14-6-10-16-8-2-4-12-18(16)20;4*1-2/h1-14H;2*1-2H3;2*2H,1H3. The fourth-order valence-electron chi connectivity index (χ4n) is 2.92. The van der Waals surface area contributed by atoms with Crippen molar-refractivity contribution in [2.75, 3.05) is 14.2 Å². The van der Waals surface area contributed by atoms with Gasteiger partial charge in [0.2, 0.25) is 0 Å². The summed E-state index contributed by atoms with van der Waals surface area (Å²) in [5.74, 6) is 0. The SMILES string of the molecule is CC.CC.CO.CO.c1ccc2c(-c3cccc4ccccc34)cccc2c1. The van der Waals surface area contributed by atoms with E-state index >= 15 is 0 Å². The Hall–Kier alpha value is -2.68. The predicted molar refractivity (Wildman–Crippen MR) is 126 cm³/mol. The average molecular weight is 379 g/mol. The van der Waals surface area contributed by atoms with Crippen LogP contribution < -0.4 is 0 Å². The zero-order chi connectivity index (χ0) is 21.4. The molecule has 2 heteroatoms. The molecule has 4 aromatic carbocycles. The van der Waals surface area contributed by atoms with Gasteiger partial charge in [0.25, 0.3) is 0 Å². The summed E-state index contributed by atoms with van der Waals surface area (Å²) in [7, 11) is 2.00. The Morgan fingerprint density at radius 3 is 1.04 bits per heavy atom. The maximum Gasteiger partial charge on any atom is 0.0319 e. The van der Waals surface area contributed by atoms with Crippen molar-refractivity contribution in [3.8, 4) is 11.1 Å². The topological polar surface area (TPSA) is 40.5 Å². The average Bonchev–Trinajstić information content (AvgIpc) is 2.83. The molecule has 28 heavy (non-hydrogen) atoms. The molecule has 0 amide bonds. The Kier molecular flexibility index (Phi) is 13.9. The van der Waals surface area contributed by atoms with Crippen molar-refractivity contribution >= 4 is 21.5 Å². The van der Waals surface area contributed by atoms with Crippen molar-refractivity contribution in [2.45, 2.75) is 27.7 Å². The highest BCUT2D eigenvalue weighted by atomic mass is 16.2. The van der Waals surface area contributed by atoms with Gasteiger partial charge in [-0.15, -0.1) is 0 Å². The highest BCUT2D eigenvalue weighted by Gasteiger charge is 2.06. The number of hydrogen-bond acceptors (Lipinski definition) is 2. The van der Waals surface area contributed by atoms with Crippen LogP contribution in [0, 0.1) is 0 Å². The number of benzene rings is 4. The van der Waals surface area contributed by atoms with Gasteiger partial charge in [0.05, 0.1) is 0 Å². The van der Waals surface area contributed by atoms with Crippen LogP contribution in [-0.2, 0) is 0 Å². The summed E-state index contributed by atoms with van der Waals surface area (Å²) in [6.45, 7) is 8.00. The fraction of sp³-hybridized carbons (Fsp3) is 0.231. The predicted octanol–water partition coefficient (Wildman–Crippen LogP) is 6.93. The number of aliphatic hydroxyl groups is 2. The van der Waals surface area contributed by atoms with Crippen LogP contribution in [0.1, 0.15) is 27.7 Å². The quantitative estimate of drug-likeness (QED) is 0.377. The maximum atomic E-state index is 7.00. The molecule has 0 spiro atoms. The number of rotatable bonds is 1. The van der Waals surface area contributed by atoms with E-state index in [1.54, 1.807) is 0 Å². The molecule has 0 unspecified atom stereocenters. The van der Waals surface area contributed by atoms with Gasteiger partial charge in [-0.2, -0.15) is 0 Å². The molecule has 0 saturated carbocycles. The van der Waals surface area contributed by atoms with E-state index in [1.165, 1.54) is 32.7 Å². The highest BCUT2D eigenvalue weighted by Crippen LogP contribution is 2.33. The third-order valence-corrected chi connectivity index (χ3v) is 3.87. The van der Waals surface area contributed by atoms with Gasteiger partial charge < -0.3 is 10.2 Å². The smallest absolute Gasteiger partial charge is 0.0319 e. The minimum atomic E-state index is 1.00. The summed E-state index contributed by atoms with van der Waals surface area (Å²) >= 11 is 0. The molecule has 0 aliphatic carbocycles. The largest absolute Gasteiger partial charge is 0.400 e. The van der Waals surface area contributed by atoms with Gasteiger partial charge in [-0.3, -0.25) is 0 Å². The van der Waals surface area contributed by atoms with Gasteiger partial charge in [0, 0.05) is 14.2 Å². The lowest BCUT2D eigenvalue weighted by Crippen LogP contribution is -1.83. The first-order chi connectivity index (χ1) is 13.9. The second kappa shape index (κ2) is 15.4. The number of aliphatic hydroxyl groups excluding tert-OH is 2. The Bertz CT molecular complexity index is 826. The molecule has 4 aromatic rings. The molecule has 0 aliphatic rings. The van der Waals surface area contributed by atoms with Crippen molar-refractivity contribution < 1.29 is 10.2 Å². The van der Waals surface area contributed by atoms with Crippen molar-refractivity contribution in [1.82, 2.24) is 0 Å². The molecule has 0 aromatic heterocycles. The summed E-state index contributed by atoms with van der Waals surface area (Å²) < 4.78 is 0. The Morgan fingerprint density at radius 1 is 0.393 bits per heavy atom. The van der Waals surface area contributed by atoms with Gasteiger partial charge in [-0.05, 0) is 32.7 Å². The highest BCUT2D eigenvalue weighted by molar-refractivity contribution is 6.05. The van der Waals surface area contributed by atoms with Crippen molar-refractivity contribution in [1.29, 1.82) is 0 Å². The lowest BCUT2D eigenvalue weighted by Gasteiger charge is -2.10. The van der Waals surface area contributed by atoms with Gasteiger partial charge >= 0.3 is 0 Å². The third-order valence-electron chi connectivity index (χ3n) is 3.87. The van der Waals surface area contributed by atoms with Gasteiger partial charge in [-0.1, -0.05) is 113 Å². The van der Waals surface area contributed by atoms with Gasteiger partial charge in [0.15, 0.2) is 0 Å². The first-order valence-electron chi connectivity index (χ1n) is 9.79. The lowest BCUT2D eigenvalue weighted by atomic mass is 9.94. The van der Waals surface area contributed by atoms with Crippen LogP contribution >= 0.6 is 0 Å². The summed E-state index contributed by atoms with van der Waals surface area (Å²) in [4.78, 5) is 0. The molecule has 4 rings (SSSR count). The van der Waals surface area contributed by atoms with Crippen LogP contribution in [0.15, 0.2) is 84.9 Å². The molecular formula is C26H34O2. The van der Waals surface area contributed by atoms with E-state index in [0.717, 1.165) is 14.2 Å². The molecule has 0 aliphatic heterocycles. The van der Waals surface area contributed by atoms with Crippen LogP contribution in [0.4, 0.5) is 0 Å². The molecule has 0 radical (unpaired) electrons. The van der Waals surface area contributed by atoms with Crippen molar-refractivity contribution in [2.24, 2.45) is 0 Å². The molecule has 0 heterocycles. The van der Waals surface area contributed by atoms with Crippen molar-refractivity contribution in [3.63, 3.8) is 0 Å². The summed E-state index contributed by atoms with van der Waals surface area (Å²) in [6.07, 6.45) is 0. The van der Waals surface area contributed by atoms with Crippen LogP contribution in [-0.4, -0.2) is 24.4 Å². The monoisotopic (exact) mass is 378 g/mol. The van der Waals surface area contributed by atoms with E-state index in [4.69, 9.17) is 10.2 Å². The zero-order valence-corrected chi connectivity index (χ0v) is 18.0. The minimum Gasteiger partial charge on any atom is -0.400 e. The van der Waals surface area contributed by atoms with Crippen LogP contribution in [0.5, 0.6) is 0 Å². The Morgan fingerprint density at radius 2 is 0.679 bits per heavy atom. The number of fused-ring (bicyclic) bond motifs is 2. The second-order valence-electron chi connectivity index (χ2n) is 5.05. The second-order valence-corrected chi connectivity index (χ2v) is 5.05. The molecule has 2 N–H and O–H groups in total. The van der Waals surface area contributed by atoms with Crippen molar-refractivity contribution in [3.05, 3.63) is 84.9 Å². The number of hydrogen-bond donors (Lipinski definition) is 2. The van der Waals surface area contributed by atoms with Gasteiger partial charge in [-0.25, -0.2) is 0 Å². The van der Waals surface area contributed by atoms with Crippen LogP contribution in [0.2, 0.25) is 0 Å². The molecular weight excluding hydrogens is 344 g/mol. The molecule has 0 fully saturated rings. The third kappa shape index (κ3) is 6.19. The molecule has 0 saturated heterocycles. The fourth-order valence-corrected chi connectivity index (χ4v) is 2.92. The summed E-state index contributed by atoms with van der Waals surface area (Å²) in [5, 5.41) is 19.2. The van der Waals surface area contributed by atoms with Crippen LogP contribution in [0.3, 0.4) is 0 Å². The maximum absolute atomic E-state index is 7.00. The van der Waals surface area contributed by atoms with Crippen LogP contribution in [0.25, 0.3) is 32.7 Å². The van der Waals surface area contributed by atoms with E-state index in [1.807, 2.05) is 27.7 Å². The zero-order valence-electron chi connectivity index (χ0n) is 18.0. The first kappa shape index (κ1) is 25.3. The molecule has 2 nitrogen and oxygen atoms in total. The molecule has 0 bridgehead atoms. The van der Waals surface area contributed by atoms with E-state index < -0.39 is 0 Å². The normalized spacial score (nSPS) is 8.71. The summed E-state index contributed by atoms with van der Waals surface area (Å²) in [5.41, 5.74) is 2.61. The minimum absolute atomic E-state index is 1.00. The molecule has 150 valence electrons. The van der Waals surface area contributed by atoms with E-state index in [-0.39, 0.29) is 0 Å². The van der Waals surface area contributed by atoms with E-state index in [0.29, 0.717) is 0 Å². The summed E-state index contributed by atoms with van der Waals surface area (Å²) in [6, 6.07) is 30.2. The van der Waals surface area contributed by atoms with Gasteiger partial charge in [0.1, 0.15) is 0 Å². The lowest BCUT2D eigenvalue weighted by molar-refractivity contribution is 0.399. The molecule has 0 atom stereocenters. The Balaban J connectivity index is 0.000000818.